The minimum atomic E-state index is -0.102. The number of hydrogen-bond donors (Lipinski definition) is 0. The first kappa shape index (κ1) is 44.4. The monoisotopic (exact) mass is 962 g/mol. The maximum Gasteiger partial charge on any atom is 0.333 e. The fraction of sp³-hybridized carbons (Fsp3) is 0.364. The highest BCUT2D eigenvalue weighted by Gasteiger charge is 2.62. The Hall–Kier alpha value is -5.36. The summed E-state index contributed by atoms with van der Waals surface area (Å²) in [4.78, 5) is 5.86. The van der Waals surface area contributed by atoms with Crippen LogP contribution in [0.15, 0.2) is 115 Å². The largest absolute Gasteiger partial charge is 0.376 e. The molecule has 9 aromatic rings. The van der Waals surface area contributed by atoms with Crippen LogP contribution in [0.25, 0.3) is 62.6 Å². The molecule has 5 heterocycles. The normalized spacial score (nSPS) is 21.7. The summed E-state index contributed by atoms with van der Waals surface area (Å²) in [5, 5.41) is 5.62. The zero-order valence-electron chi connectivity index (χ0n) is 44.0. The standard InChI is InChI=1S/C66H67BN2S2/c1-61(2,3)39-24-25-50(42(32-39)38-20-14-13-15-21-38)69-51-26-27-53-56(44-36-46-47(37-54(44)70-53)64(9,10)31-30-63(46,7)8)55(51)45-35-43-41-22-16-17-23-52(41)71-60(43)59-57(45)67(69)49-34-40(62(4,5)6)33-48-58(49)68(59)66(12)29-19-18-28-65(48,66)11/h13-17,20-27,32-37H,18-19,28-31H2,1-12H3. The summed E-state index contributed by atoms with van der Waals surface area (Å²) in [5.74, 6) is 0. The summed E-state index contributed by atoms with van der Waals surface area (Å²) >= 11 is 4.04. The molecular weight excluding hydrogens is 896 g/mol. The van der Waals surface area contributed by atoms with Crippen molar-refractivity contribution in [2.24, 2.45) is 0 Å². The first-order valence-corrected chi connectivity index (χ1v) is 28.3. The Labute approximate surface area is 430 Å². The van der Waals surface area contributed by atoms with Crippen LogP contribution < -0.4 is 20.6 Å². The van der Waals surface area contributed by atoms with Gasteiger partial charge in [0.15, 0.2) is 0 Å². The highest BCUT2D eigenvalue weighted by Crippen LogP contribution is 2.65. The van der Waals surface area contributed by atoms with Crippen LogP contribution in [0.3, 0.4) is 0 Å². The Morgan fingerprint density at radius 3 is 1.96 bits per heavy atom. The van der Waals surface area contributed by atoms with Crippen molar-refractivity contribution < 1.29 is 0 Å². The van der Waals surface area contributed by atoms with Crippen molar-refractivity contribution in [1.82, 2.24) is 0 Å². The van der Waals surface area contributed by atoms with Crippen LogP contribution in [-0.2, 0) is 27.1 Å². The van der Waals surface area contributed by atoms with E-state index < -0.39 is 0 Å². The van der Waals surface area contributed by atoms with Gasteiger partial charge in [0.2, 0.25) is 0 Å². The van der Waals surface area contributed by atoms with E-state index >= 15 is 0 Å². The average molecular weight is 963 g/mol. The van der Waals surface area contributed by atoms with E-state index in [9.17, 15) is 0 Å². The molecule has 2 unspecified atom stereocenters. The van der Waals surface area contributed by atoms with E-state index in [0.29, 0.717) is 0 Å². The Morgan fingerprint density at radius 1 is 0.521 bits per heavy atom. The molecule has 0 spiro atoms. The van der Waals surface area contributed by atoms with E-state index in [-0.39, 0.29) is 39.5 Å². The number of fused-ring (bicyclic) bond motifs is 16. The summed E-state index contributed by atoms with van der Waals surface area (Å²) in [6.45, 7) is 29.6. The molecule has 2 aromatic heterocycles. The summed E-state index contributed by atoms with van der Waals surface area (Å²) in [6.07, 6.45) is 7.30. The van der Waals surface area contributed by atoms with Crippen LogP contribution in [0.4, 0.5) is 22.7 Å². The Balaban J connectivity index is 1.21. The van der Waals surface area contributed by atoms with E-state index in [1.807, 2.05) is 22.7 Å². The van der Waals surface area contributed by atoms with Crippen molar-refractivity contribution >= 4 is 104 Å². The van der Waals surface area contributed by atoms with E-state index in [1.54, 1.807) is 11.1 Å². The Morgan fingerprint density at radius 2 is 1.21 bits per heavy atom. The zero-order valence-corrected chi connectivity index (χ0v) is 45.6. The second-order valence-electron chi connectivity index (χ2n) is 26.2. The van der Waals surface area contributed by atoms with Crippen LogP contribution in [0, 0.1) is 0 Å². The molecule has 0 N–H and O–H groups in total. The number of thiophene rings is 2. The highest BCUT2D eigenvalue weighted by molar-refractivity contribution is 7.27. The summed E-state index contributed by atoms with van der Waals surface area (Å²) in [7, 11) is 0. The first-order chi connectivity index (χ1) is 33.7. The molecule has 5 aliphatic rings. The molecule has 3 aliphatic heterocycles. The molecule has 2 aliphatic carbocycles. The van der Waals surface area contributed by atoms with Crippen LogP contribution in [0.2, 0.25) is 0 Å². The lowest BCUT2D eigenvalue weighted by Crippen LogP contribution is -2.64. The van der Waals surface area contributed by atoms with Crippen molar-refractivity contribution in [2.75, 3.05) is 9.71 Å². The van der Waals surface area contributed by atoms with E-state index in [0.717, 1.165) is 0 Å². The molecule has 71 heavy (non-hydrogen) atoms. The van der Waals surface area contributed by atoms with Crippen LogP contribution in [0.5, 0.6) is 0 Å². The lowest BCUT2D eigenvalue weighted by atomic mass is 9.42. The van der Waals surface area contributed by atoms with Gasteiger partial charge in [-0.2, -0.15) is 0 Å². The number of hydrogen-bond acceptors (Lipinski definition) is 4. The quantitative estimate of drug-likeness (QED) is 0.159. The second kappa shape index (κ2) is 14.2. The molecule has 356 valence electrons. The van der Waals surface area contributed by atoms with Crippen molar-refractivity contribution in [2.45, 2.75) is 154 Å². The van der Waals surface area contributed by atoms with Gasteiger partial charge in [0, 0.05) is 69.2 Å². The van der Waals surface area contributed by atoms with Gasteiger partial charge >= 0.3 is 6.85 Å². The summed E-state index contributed by atoms with van der Waals surface area (Å²) in [6, 6.07) is 46.4. The molecule has 0 amide bonds. The first-order valence-electron chi connectivity index (χ1n) is 26.7. The summed E-state index contributed by atoms with van der Waals surface area (Å²) in [5.41, 5.74) is 21.4. The van der Waals surface area contributed by atoms with Gasteiger partial charge in [-0.1, -0.05) is 156 Å². The second-order valence-corrected chi connectivity index (χ2v) is 28.4. The molecule has 1 saturated carbocycles. The van der Waals surface area contributed by atoms with E-state index in [2.05, 4.69) is 208 Å². The van der Waals surface area contributed by atoms with Crippen LogP contribution >= 0.6 is 22.7 Å². The third-order valence-corrected chi connectivity index (χ3v) is 21.5. The lowest BCUT2D eigenvalue weighted by Gasteiger charge is -2.53. The van der Waals surface area contributed by atoms with E-state index in [4.69, 9.17) is 0 Å². The Bertz CT molecular complexity index is 3800. The lowest BCUT2D eigenvalue weighted by molar-refractivity contribution is 0.195. The van der Waals surface area contributed by atoms with Crippen LogP contribution in [-0.4, -0.2) is 12.4 Å². The molecule has 2 atom stereocenters. The molecule has 5 heteroatoms. The van der Waals surface area contributed by atoms with Gasteiger partial charge in [-0.25, -0.2) is 0 Å². The van der Waals surface area contributed by atoms with Gasteiger partial charge in [-0.15, -0.1) is 22.7 Å². The molecule has 0 radical (unpaired) electrons. The number of benzene rings is 7. The minimum Gasteiger partial charge on any atom is -0.376 e. The SMILES string of the molecule is CC(C)(C)c1ccc(N2B3c4cc(C(C)(C)C)cc5c4N(c4c3c(cc3c4sc4ccccc43)-c3c2ccc2sc4cc6c(cc4c32)C(C)(C)CCC6(C)C)C2(C)CCCCC52C)c(-c2ccccc2)c1. The molecule has 0 saturated heterocycles. The third kappa shape index (κ3) is 5.83. The minimum absolute atomic E-state index is 0.0203. The smallest absolute Gasteiger partial charge is 0.333 e. The van der Waals surface area contributed by atoms with Gasteiger partial charge in [-0.05, 0) is 153 Å². The van der Waals surface area contributed by atoms with Crippen molar-refractivity contribution in [3.8, 4) is 22.3 Å². The van der Waals surface area contributed by atoms with Crippen molar-refractivity contribution in [1.29, 1.82) is 0 Å². The van der Waals surface area contributed by atoms with Gasteiger partial charge in [0.05, 0.1) is 15.9 Å². The third-order valence-electron chi connectivity index (χ3n) is 19.2. The number of rotatable bonds is 2. The average Bonchev–Trinajstić information content (AvgIpc) is 3.97. The van der Waals surface area contributed by atoms with Gasteiger partial charge in [0.1, 0.15) is 0 Å². The van der Waals surface area contributed by atoms with Gasteiger partial charge in [0.25, 0.3) is 0 Å². The van der Waals surface area contributed by atoms with Gasteiger partial charge < -0.3 is 9.71 Å². The predicted octanol–water partition coefficient (Wildman–Crippen LogP) is 18.0. The van der Waals surface area contributed by atoms with Crippen LogP contribution in [0.1, 0.15) is 149 Å². The summed E-state index contributed by atoms with van der Waals surface area (Å²) < 4.78 is 5.61. The van der Waals surface area contributed by atoms with E-state index in [1.165, 1.54) is 151 Å². The molecule has 7 aromatic carbocycles. The van der Waals surface area contributed by atoms with Gasteiger partial charge in [-0.3, -0.25) is 0 Å². The zero-order chi connectivity index (χ0) is 49.1. The molecule has 0 bridgehead atoms. The van der Waals surface area contributed by atoms with Crippen molar-refractivity contribution in [3.63, 3.8) is 0 Å². The predicted molar refractivity (Wildman–Crippen MR) is 312 cm³/mol. The Kier molecular flexibility index (Phi) is 8.89. The fourth-order valence-electron chi connectivity index (χ4n) is 14.7. The molecule has 1 fully saturated rings. The molecule has 2 nitrogen and oxygen atoms in total. The molecular formula is C66H67BN2S2. The number of nitrogens with zero attached hydrogens (tertiary/aromatic N) is 2. The molecule has 14 rings (SSSR count). The topological polar surface area (TPSA) is 6.48 Å². The maximum absolute atomic E-state index is 2.99. The fourth-order valence-corrected chi connectivity index (χ4v) is 17.1. The highest BCUT2D eigenvalue weighted by atomic mass is 32.1. The number of anilines is 4. The van der Waals surface area contributed by atoms with Crippen molar-refractivity contribution in [3.05, 3.63) is 143 Å². The maximum atomic E-state index is 2.99.